The third-order valence-electron chi connectivity index (χ3n) is 8.68. The third kappa shape index (κ3) is 36.0. The van der Waals surface area contributed by atoms with E-state index >= 15 is 0 Å². The summed E-state index contributed by atoms with van der Waals surface area (Å²) in [6.45, 7) is 10.1. The molecule has 0 unspecified atom stereocenters. The van der Waals surface area contributed by atoms with Crippen molar-refractivity contribution >= 4 is 29.7 Å². The smallest absolute Gasteiger partial charge is 0.329 e. The molecule has 0 rings (SSSR count). The summed E-state index contributed by atoms with van der Waals surface area (Å²) in [5, 5.41) is 14.1. The molecular weight excluding hydrogens is 680 g/mol. The maximum absolute atomic E-state index is 12.9. The number of rotatable bonds is 36. The molecule has 0 aliphatic carbocycles. The summed E-state index contributed by atoms with van der Waals surface area (Å²) in [7, 11) is 0. The average molecular weight is 757 g/mol. The van der Waals surface area contributed by atoms with E-state index in [1.165, 1.54) is 70.6 Å². The van der Waals surface area contributed by atoms with Crippen molar-refractivity contribution < 1.29 is 48.0 Å². The molecule has 0 heterocycles. The highest BCUT2D eigenvalue weighted by Gasteiger charge is 2.25. The molecule has 0 bridgehead atoms. The number of nitrogens with one attached hydrogen (secondary N) is 2. The van der Waals surface area contributed by atoms with Gasteiger partial charge in [-0.15, -0.1) is 0 Å². The number of carboxylic acids is 1. The molecule has 0 spiro atoms. The van der Waals surface area contributed by atoms with Crippen molar-refractivity contribution in [2.75, 3.05) is 33.0 Å². The van der Waals surface area contributed by atoms with Gasteiger partial charge in [-0.05, 0) is 53.4 Å². The van der Waals surface area contributed by atoms with Gasteiger partial charge in [0, 0.05) is 25.8 Å². The van der Waals surface area contributed by atoms with Crippen molar-refractivity contribution in [1.82, 2.24) is 10.6 Å². The quantitative estimate of drug-likeness (QED) is 0.0422. The van der Waals surface area contributed by atoms with Gasteiger partial charge in [0.1, 0.15) is 18.2 Å². The van der Waals surface area contributed by atoms with Crippen LogP contribution in [0, 0.1) is 0 Å². The van der Waals surface area contributed by atoms with Gasteiger partial charge in [0.25, 0.3) is 0 Å². The van der Waals surface area contributed by atoms with E-state index in [-0.39, 0.29) is 69.7 Å². The van der Waals surface area contributed by atoms with Crippen LogP contribution in [-0.2, 0) is 42.9 Å². The van der Waals surface area contributed by atoms with Gasteiger partial charge in [0.2, 0.25) is 11.8 Å². The van der Waals surface area contributed by atoms with Crippen LogP contribution in [0.2, 0.25) is 0 Å². The van der Waals surface area contributed by atoms with Crippen molar-refractivity contribution in [3.63, 3.8) is 0 Å². The predicted octanol–water partition coefficient (Wildman–Crippen LogP) is 7.97. The van der Waals surface area contributed by atoms with Crippen molar-refractivity contribution in [2.24, 2.45) is 0 Å². The molecule has 0 saturated carbocycles. The summed E-state index contributed by atoms with van der Waals surface area (Å²) in [5.41, 5.74) is -0.393. The van der Waals surface area contributed by atoms with E-state index in [1.807, 2.05) is 27.7 Å². The maximum Gasteiger partial charge on any atom is 0.329 e. The largest absolute Gasteiger partial charge is 0.480 e. The van der Waals surface area contributed by atoms with Crippen LogP contribution in [0.4, 0.5) is 0 Å². The highest BCUT2D eigenvalue weighted by Crippen LogP contribution is 2.16. The molecule has 0 aromatic heterocycles. The Morgan fingerprint density at radius 1 is 0.623 bits per heavy atom. The molecule has 2 amide bonds. The average Bonchev–Trinajstić information content (AvgIpc) is 3.08. The van der Waals surface area contributed by atoms with Crippen LogP contribution >= 0.6 is 0 Å². The van der Waals surface area contributed by atoms with Crippen molar-refractivity contribution in [2.45, 2.75) is 200 Å². The molecule has 12 heteroatoms. The number of ether oxygens (including phenoxy) is 4. The fraction of sp³-hybridized carbons (Fsp3) is 0.878. The number of hydrogen-bond acceptors (Lipinski definition) is 9. The number of carbonyl (C=O) groups is 5. The number of unbranched alkanes of at least 4 members (excludes halogenated alkanes) is 16. The van der Waals surface area contributed by atoms with Gasteiger partial charge in [-0.25, -0.2) is 9.59 Å². The molecule has 0 saturated heterocycles. The van der Waals surface area contributed by atoms with Gasteiger partial charge in [0.05, 0.1) is 25.9 Å². The van der Waals surface area contributed by atoms with Gasteiger partial charge in [-0.3, -0.25) is 14.4 Å². The molecule has 0 aromatic rings. The van der Waals surface area contributed by atoms with Gasteiger partial charge in [-0.1, -0.05) is 110 Å². The Balaban J connectivity index is 4.05. The van der Waals surface area contributed by atoms with Crippen LogP contribution in [0.25, 0.3) is 0 Å². The highest BCUT2D eigenvalue weighted by atomic mass is 16.6. The molecule has 53 heavy (non-hydrogen) atoms. The number of esters is 2. The molecule has 2 atom stereocenters. The molecule has 3 N–H and O–H groups in total. The standard InChI is InChI=1S/C41H76N2O10/c1-6-7-24-34(2)52-40(49)35(27-28-36(44)42-29-30-50-31-32-51-33-38(46)47)43-37(45)25-22-20-18-16-14-12-10-8-9-11-13-15-17-19-21-23-26-39(48)53-41(3,4)5/h34-35H,6-33H2,1-5H3,(H,42,44)(H,43,45)(H,46,47)/t34-,35+/m1/s1. The summed E-state index contributed by atoms with van der Waals surface area (Å²) >= 11 is 0. The van der Waals surface area contributed by atoms with Gasteiger partial charge < -0.3 is 34.7 Å². The van der Waals surface area contributed by atoms with Crippen LogP contribution < -0.4 is 10.6 Å². The van der Waals surface area contributed by atoms with E-state index in [4.69, 9.17) is 24.1 Å². The Morgan fingerprint density at radius 3 is 1.64 bits per heavy atom. The van der Waals surface area contributed by atoms with E-state index in [0.717, 1.165) is 51.4 Å². The van der Waals surface area contributed by atoms with Crippen LogP contribution in [0.5, 0.6) is 0 Å². The molecule has 310 valence electrons. The van der Waals surface area contributed by atoms with E-state index in [1.54, 1.807) is 0 Å². The first-order chi connectivity index (χ1) is 25.3. The molecule has 0 aromatic carbocycles. The van der Waals surface area contributed by atoms with Gasteiger partial charge in [-0.2, -0.15) is 0 Å². The van der Waals surface area contributed by atoms with E-state index in [2.05, 4.69) is 17.6 Å². The number of amides is 2. The normalized spacial score (nSPS) is 12.5. The second-order valence-electron chi connectivity index (χ2n) is 15.2. The first-order valence-electron chi connectivity index (χ1n) is 20.7. The highest BCUT2D eigenvalue weighted by molar-refractivity contribution is 5.85. The minimum atomic E-state index is -1.05. The lowest BCUT2D eigenvalue weighted by atomic mass is 10.0. The maximum atomic E-state index is 12.9. The molecular formula is C41H76N2O10. The Morgan fingerprint density at radius 2 is 1.13 bits per heavy atom. The molecule has 12 nitrogen and oxygen atoms in total. The Kier molecular flexibility index (Phi) is 32.1. The minimum Gasteiger partial charge on any atom is -0.480 e. The van der Waals surface area contributed by atoms with Gasteiger partial charge >= 0.3 is 17.9 Å². The van der Waals surface area contributed by atoms with Crippen LogP contribution in [0.15, 0.2) is 0 Å². The lowest BCUT2D eigenvalue weighted by Crippen LogP contribution is -2.43. The summed E-state index contributed by atoms with van der Waals surface area (Å²) in [6, 6.07) is -0.887. The lowest BCUT2D eigenvalue weighted by molar-refractivity contribution is -0.155. The summed E-state index contributed by atoms with van der Waals surface area (Å²) < 4.78 is 21.1. The first-order valence-corrected chi connectivity index (χ1v) is 20.7. The summed E-state index contributed by atoms with van der Waals surface area (Å²) in [4.78, 5) is 60.2. The van der Waals surface area contributed by atoms with Gasteiger partial charge in [0.15, 0.2) is 0 Å². The fourth-order valence-corrected chi connectivity index (χ4v) is 5.77. The second kappa shape index (κ2) is 33.8. The minimum absolute atomic E-state index is 0.0466. The number of hydrogen-bond donors (Lipinski definition) is 3. The zero-order chi connectivity index (χ0) is 39.6. The summed E-state index contributed by atoms with van der Waals surface area (Å²) in [6.07, 6.45) is 22.1. The van der Waals surface area contributed by atoms with E-state index in [9.17, 15) is 24.0 Å². The SMILES string of the molecule is CCCC[C@@H](C)OC(=O)[C@H](CCC(=O)NCCOCCOCC(=O)O)NC(=O)CCCCCCCCCCCCCCCCCCC(=O)OC(C)(C)C. The van der Waals surface area contributed by atoms with Crippen molar-refractivity contribution in [3.8, 4) is 0 Å². The molecule has 0 radical (unpaired) electrons. The van der Waals surface area contributed by atoms with Crippen LogP contribution in [-0.4, -0.2) is 85.5 Å². The Labute approximate surface area is 320 Å². The fourth-order valence-electron chi connectivity index (χ4n) is 5.77. The summed E-state index contributed by atoms with van der Waals surface area (Å²) in [5.74, 6) is -2.11. The monoisotopic (exact) mass is 757 g/mol. The zero-order valence-corrected chi connectivity index (χ0v) is 34.1. The first kappa shape index (κ1) is 50.3. The topological polar surface area (TPSA) is 167 Å². The van der Waals surface area contributed by atoms with E-state index in [0.29, 0.717) is 12.8 Å². The third-order valence-corrected chi connectivity index (χ3v) is 8.68. The predicted molar refractivity (Wildman–Crippen MR) is 207 cm³/mol. The zero-order valence-electron chi connectivity index (χ0n) is 34.1. The lowest BCUT2D eigenvalue weighted by Gasteiger charge is -2.20. The Bertz CT molecular complexity index is 969. The number of carboxylic acid groups (broad SMARTS) is 1. The number of carbonyl (C=O) groups excluding carboxylic acids is 4. The second-order valence-corrected chi connectivity index (χ2v) is 15.2. The van der Waals surface area contributed by atoms with Crippen LogP contribution in [0.3, 0.4) is 0 Å². The van der Waals surface area contributed by atoms with Crippen molar-refractivity contribution in [1.29, 1.82) is 0 Å². The molecule has 0 aliphatic rings. The molecule has 0 fully saturated rings. The van der Waals surface area contributed by atoms with Crippen molar-refractivity contribution in [3.05, 3.63) is 0 Å². The van der Waals surface area contributed by atoms with E-state index < -0.39 is 23.6 Å². The van der Waals surface area contributed by atoms with Crippen LogP contribution in [0.1, 0.15) is 182 Å². The Hall–Kier alpha value is -2.73. The number of aliphatic carboxylic acids is 1. The molecule has 0 aliphatic heterocycles.